The fraction of sp³-hybridized carbons (Fsp3) is 0.135. The summed E-state index contributed by atoms with van der Waals surface area (Å²) in [5, 5.41) is 22.9. The van der Waals surface area contributed by atoms with Crippen molar-refractivity contribution in [1.82, 2.24) is 25.6 Å². The third-order valence-corrected chi connectivity index (χ3v) is 10.4. The number of hydrogen-bond acceptors (Lipinski definition) is 11. The van der Waals surface area contributed by atoms with Gasteiger partial charge in [-0.15, -0.1) is 0 Å². The van der Waals surface area contributed by atoms with Crippen LogP contribution in [0.2, 0.25) is 10.0 Å². The summed E-state index contributed by atoms with van der Waals surface area (Å²) in [7, 11) is -3.86. The summed E-state index contributed by atoms with van der Waals surface area (Å²) in [5.74, 6) is 0.739. The number of sulfonamides is 1. The summed E-state index contributed by atoms with van der Waals surface area (Å²) < 4.78 is 45.4. The molecule has 12 nitrogen and oxygen atoms in total. The third-order valence-electron chi connectivity index (χ3n) is 8.12. The Morgan fingerprint density at radius 3 is 2.46 bits per heavy atom. The molecule has 0 aliphatic rings. The maximum atomic E-state index is 13.1. The van der Waals surface area contributed by atoms with E-state index >= 15 is 0 Å². The number of anilines is 1. The molecule has 0 saturated carbocycles. The number of para-hydroxylation sites is 1. The molecule has 0 saturated heterocycles. The molecule has 3 aromatic heterocycles. The topological polar surface area (TPSA) is 166 Å². The highest BCUT2D eigenvalue weighted by Gasteiger charge is 2.20. The molecule has 0 bridgehead atoms. The quantitative estimate of drug-likeness (QED) is 0.0942. The fourth-order valence-corrected chi connectivity index (χ4v) is 6.90. The van der Waals surface area contributed by atoms with Gasteiger partial charge >= 0.3 is 0 Å². The molecular formula is C37H30Cl2N6O6S. The maximum absolute atomic E-state index is 13.1. The van der Waals surface area contributed by atoms with Crippen molar-refractivity contribution in [2.45, 2.75) is 24.0 Å². The lowest BCUT2D eigenvalue weighted by Crippen LogP contribution is -2.23. The van der Waals surface area contributed by atoms with Crippen LogP contribution in [0.5, 0.6) is 5.75 Å². The third kappa shape index (κ3) is 7.93. The zero-order valence-corrected chi connectivity index (χ0v) is 29.6. The van der Waals surface area contributed by atoms with Gasteiger partial charge in [-0.2, -0.15) is 4.98 Å². The van der Waals surface area contributed by atoms with E-state index in [1.54, 1.807) is 54.9 Å². The SMILES string of the molecule is O=S(=O)(Nc1ccc(CCNCC(O)c2cccnc2)cc1)c1ccc(-c2noc(COc3ccc(-c4noc5ccccc45)c(Cl)c3Cl)n2)cc1. The number of ether oxygens (including phenoxy) is 1. The molecule has 52 heavy (non-hydrogen) atoms. The van der Waals surface area contributed by atoms with Gasteiger partial charge < -0.3 is 24.2 Å². The van der Waals surface area contributed by atoms with Crippen LogP contribution in [0.15, 0.2) is 123 Å². The number of nitrogens with one attached hydrogen (secondary N) is 2. The zero-order valence-electron chi connectivity index (χ0n) is 27.2. The van der Waals surface area contributed by atoms with Crippen LogP contribution in [0.1, 0.15) is 23.1 Å². The van der Waals surface area contributed by atoms with Gasteiger partial charge in [0.1, 0.15) is 16.5 Å². The van der Waals surface area contributed by atoms with Crippen molar-refractivity contribution in [3.05, 3.63) is 137 Å². The molecule has 4 aromatic carbocycles. The van der Waals surface area contributed by atoms with Gasteiger partial charge in [-0.25, -0.2) is 8.42 Å². The van der Waals surface area contributed by atoms with Gasteiger partial charge in [0.15, 0.2) is 12.2 Å². The highest BCUT2D eigenvalue weighted by molar-refractivity contribution is 7.92. The van der Waals surface area contributed by atoms with E-state index in [1.165, 1.54) is 12.1 Å². The number of rotatable bonds is 14. The fourth-order valence-electron chi connectivity index (χ4n) is 5.38. The Bertz CT molecular complexity index is 2410. The standard InChI is InChI=1S/C37H30Cl2N6O6S/c38-34-29(36-28-5-1-2-6-31(28)50-43-36)15-16-32(35(34)39)49-22-33-42-37(44-51-33)24-9-13-27(14-10-24)52(47,48)45-26-11-7-23(8-12-26)17-19-41-21-30(46)25-4-3-18-40-20-25/h1-16,18,20,30,41,45-46H,17,19,21-22H2. The Morgan fingerprint density at radius 1 is 0.865 bits per heavy atom. The summed E-state index contributed by atoms with van der Waals surface area (Å²) in [5.41, 5.74) is 4.53. The summed E-state index contributed by atoms with van der Waals surface area (Å²) in [6.45, 7) is 0.954. The van der Waals surface area contributed by atoms with E-state index in [9.17, 15) is 13.5 Å². The monoisotopic (exact) mass is 756 g/mol. The second-order valence-electron chi connectivity index (χ2n) is 11.7. The molecule has 7 aromatic rings. The van der Waals surface area contributed by atoms with Gasteiger partial charge in [0.25, 0.3) is 15.9 Å². The van der Waals surface area contributed by atoms with Crippen LogP contribution < -0.4 is 14.8 Å². The average molecular weight is 758 g/mol. The molecule has 264 valence electrons. The summed E-state index contributed by atoms with van der Waals surface area (Å²) in [6.07, 6.45) is 3.36. The van der Waals surface area contributed by atoms with Crippen molar-refractivity contribution in [2.75, 3.05) is 17.8 Å². The Balaban J connectivity index is 0.917. The van der Waals surface area contributed by atoms with Crippen molar-refractivity contribution in [1.29, 1.82) is 0 Å². The highest BCUT2D eigenvalue weighted by atomic mass is 35.5. The summed E-state index contributed by atoms with van der Waals surface area (Å²) in [6, 6.07) is 27.7. The van der Waals surface area contributed by atoms with Crippen LogP contribution in [0.3, 0.4) is 0 Å². The smallest absolute Gasteiger partial charge is 0.264 e. The largest absolute Gasteiger partial charge is 0.482 e. The van der Waals surface area contributed by atoms with E-state index in [-0.39, 0.29) is 33.3 Å². The van der Waals surface area contributed by atoms with E-state index in [4.69, 9.17) is 37.0 Å². The molecule has 0 radical (unpaired) electrons. The molecule has 1 unspecified atom stereocenters. The van der Waals surface area contributed by atoms with Gasteiger partial charge in [0.2, 0.25) is 5.82 Å². The first-order chi connectivity index (χ1) is 25.2. The summed E-state index contributed by atoms with van der Waals surface area (Å²) in [4.78, 5) is 8.46. The molecular weight excluding hydrogens is 727 g/mol. The Kier molecular flexibility index (Phi) is 10.5. The number of benzene rings is 4. The number of nitrogens with zero attached hydrogens (tertiary/aromatic N) is 4. The van der Waals surface area contributed by atoms with E-state index in [0.29, 0.717) is 53.4 Å². The number of aromatic nitrogens is 4. The van der Waals surface area contributed by atoms with Crippen molar-refractivity contribution in [2.24, 2.45) is 0 Å². The number of aliphatic hydroxyl groups excluding tert-OH is 1. The predicted molar refractivity (Wildman–Crippen MR) is 197 cm³/mol. The van der Waals surface area contributed by atoms with E-state index in [0.717, 1.165) is 16.5 Å². The molecule has 0 fully saturated rings. The predicted octanol–water partition coefficient (Wildman–Crippen LogP) is 7.49. The van der Waals surface area contributed by atoms with Crippen molar-refractivity contribution in [3.8, 4) is 28.4 Å². The van der Waals surface area contributed by atoms with Gasteiger partial charge in [-0.3, -0.25) is 9.71 Å². The van der Waals surface area contributed by atoms with Gasteiger partial charge in [-0.05, 0) is 85.3 Å². The van der Waals surface area contributed by atoms with Crippen molar-refractivity contribution >= 4 is 49.9 Å². The van der Waals surface area contributed by atoms with E-state index in [2.05, 4.69) is 30.3 Å². The van der Waals surface area contributed by atoms with Crippen LogP contribution >= 0.6 is 23.2 Å². The molecule has 1 atom stereocenters. The molecule has 3 heterocycles. The Labute approximate surface area is 308 Å². The van der Waals surface area contributed by atoms with Crippen LogP contribution in [0, 0.1) is 0 Å². The first kappa shape index (κ1) is 35.1. The number of pyridine rings is 1. The minimum Gasteiger partial charge on any atom is -0.482 e. The minimum atomic E-state index is -3.86. The van der Waals surface area contributed by atoms with E-state index < -0.39 is 16.1 Å². The first-order valence-electron chi connectivity index (χ1n) is 16.0. The summed E-state index contributed by atoms with van der Waals surface area (Å²) >= 11 is 13.1. The van der Waals surface area contributed by atoms with Crippen LogP contribution in [0.25, 0.3) is 33.6 Å². The molecule has 15 heteroatoms. The molecule has 3 N–H and O–H groups in total. The van der Waals surface area contributed by atoms with Crippen LogP contribution in [0.4, 0.5) is 5.69 Å². The van der Waals surface area contributed by atoms with Gasteiger partial charge in [0.05, 0.1) is 16.0 Å². The first-order valence-corrected chi connectivity index (χ1v) is 18.3. The maximum Gasteiger partial charge on any atom is 0.264 e. The second kappa shape index (κ2) is 15.5. The minimum absolute atomic E-state index is 0.0670. The van der Waals surface area contributed by atoms with Crippen molar-refractivity contribution < 1.29 is 27.3 Å². The van der Waals surface area contributed by atoms with Crippen LogP contribution in [-0.4, -0.2) is 46.9 Å². The zero-order chi connectivity index (χ0) is 36.1. The van der Waals surface area contributed by atoms with Gasteiger partial charge in [-0.1, -0.05) is 63.8 Å². The average Bonchev–Trinajstić information content (AvgIpc) is 3.83. The molecule has 0 aliphatic carbocycles. The number of halogens is 2. The Hall–Kier alpha value is -5.31. The Morgan fingerprint density at radius 2 is 1.67 bits per heavy atom. The number of hydrogen-bond donors (Lipinski definition) is 3. The molecule has 7 rings (SSSR count). The lowest BCUT2D eigenvalue weighted by Gasteiger charge is -2.12. The molecule has 0 spiro atoms. The van der Waals surface area contributed by atoms with Gasteiger partial charge in [0, 0.05) is 46.7 Å². The molecule has 0 aliphatic heterocycles. The second-order valence-corrected chi connectivity index (χ2v) is 14.1. The normalized spacial score (nSPS) is 12.2. The lowest BCUT2D eigenvalue weighted by atomic mass is 10.1. The molecule has 0 amide bonds. The lowest BCUT2D eigenvalue weighted by molar-refractivity contribution is 0.174. The number of aliphatic hydroxyl groups is 1. The van der Waals surface area contributed by atoms with Crippen LogP contribution in [-0.2, 0) is 23.1 Å². The highest BCUT2D eigenvalue weighted by Crippen LogP contribution is 2.41. The van der Waals surface area contributed by atoms with Crippen molar-refractivity contribution in [3.63, 3.8) is 0 Å². The number of fused-ring (bicyclic) bond motifs is 1. The van der Waals surface area contributed by atoms with E-state index in [1.807, 2.05) is 42.5 Å².